The number of hydrogen-bond acceptors (Lipinski definition) is 4. The minimum absolute atomic E-state index is 0.0776. The van der Waals surface area contributed by atoms with E-state index in [2.05, 4.69) is 15.8 Å². The highest BCUT2D eigenvalue weighted by Gasteiger charge is 2.25. The van der Waals surface area contributed by atoms with Crippen molar-refractivity contribution in [3.63, 3.8) is 0 Å². The SMILES string of the molecule is CC(NCc1ccc(/C(N)=N/O)cc1F)C(=O)NC1CC1. The van der Waals surface area contributed by atoms with Crippen LogP contribution in [-0.4, -0.2) is 29.0 Å². The Morgan fingerprint density at radius 3 is 2.86 bits per heavy atom. The Kier molecular flexibility index (Phi) is 4.74. The second-order valence-electron chi connectivity index (χ2n) is 5.18. The largest absolute Gasteiger partial charge is 0.409 e. The van der Waals surface area contributed by atoms with Crippen molar-refractivity contribution in [1.29, 1.82) is 0 Å². The molecule has 5 N–H and O–H groups in total. The molecule has 7 heteroatoms. The number of amides is 1. The molecule has 0 bridgehead atoms. The van der Waals surface area contributed by atoms with Crippen LogP contribution in [0.3, 0.4) is 0 Å². The first-order valence-electron chi connectivity index (χ1n) is 6.81. The number of rotatable bonds is 6. The van der Waals surface area contributed by atoms with Gasteiger partial charge in [0, 0.05) is 23.7 Å². The molecule has 0 heterocycles. The molecular weight excluding hydrogens is 275 g/mol. The van der Waals surface area contributed by atoms with Crippen molar-refractivity contribution >= 4 is 11.7 Å². The summed E-state index contributed by atoms with van der Waals surface area (Å²) in [5.41, 5.74) is 6.11. The Morgan fingerprint density at radius 2 is 2.29 bits per heavy atom. The monoisotopic (exact) mass is 294 g/mol. The van der Waals surface area contributed by atoms with Crippen LogP contribution in [-0.2, 0) is 11.3 Å². The number of nitrogens with one attached hydrogen (secondary N) is 2. The van der Waals surface area contributed by atoms with Crippen molar-refractivity contribution in [3.05, 3.63) is 35.1 Å². The molecule has 1 fully saturated rings. The highest BCUT2D eigenvalue weighted by atomic mass is 19.1. The van der Waals surface area contributed by atoms with Gasteiger partial charge in [0.25, 0.3) is 0 Å². The summed E-state index contributed by atoms with van der Waals surface area (Å²) in [5, 5.41) is 17.2. The molecule has 1 unspecified atom stereocenters. The van der Waals surface area contributed by atoms with Gasteiger partial charge in [0.2, 0.25) is 5.91 Å². The van der Waals surface area contributed by atoms with Crippen LogP contribution in [0.15, 0.2) is 23.4 Å². The lowest BCUT2D eigenvalue weighted by atomic mass is 10.1. The molecular formula is C14H19FN4O2. The van der Waals surface area contributed by atoms with Gasteiger partial charge in [-0.3, -0.25) is 4.79 Å². The maximum Gasteiger partial charge on any atom is 0.237 e. The predicted octanol–water partition coefficient (Wildman–Crippen LogP) is 0.677. The van der Waals surface area contributed by atoms with Crippen LogP contribution >= 0.6 is 0 Å². The Labute approximate surface area is 122 Å². The lowest BCUT2D eigenvalue weighted by Crippen LogP contribution is -2.42. The maximum absolute atomic E-state index is 13.9. The van der Waals surface area contributed by atoms with Crippen molar-refractivity contribution in [3.8, 4) is 0 Å². The molecule has 2 rings (SSSR count). The molecule has 1 aromatic carbocycles. The van der Waals surface area contributed by atoms with Crippen molar-refractivity contribution in [2.75, 3.05) is 0 Å². The van der Waals surface area contributed by atoms with E-state index in [-0.39, 0.29) is 18.3 Å². The first-order valence-corrected chi connectivity index (χ1v) is 6.81. The van der Waals surface area contributed by atoms with E-state index in [9.17, 15) is 9.18 Å². The first-order chi connectivity index (χ1) is 10.0. The van der Waals surface area contributed by atoms with Gasteiger partial charge in [-0.15, -0.1) is 0 Å². The molecule has 1 aliphatic carbocycles. The summed E-state index contributed by atoms with van der Waals surface area (Å²) >= 11 is 0. The molecule has 0 aromatic heterocycles. The second-order valence-corrected chi connectivity index (χ2v) is 5.18. The maximum atomic E-state index is 13.9. The van der Waals surface area contributed by atoms with Crippen LogP contribution in [0.1, 0.15) is 30.9 Å². The quantitative estimate of drug-likeness (QED) is 0.268. The fraction of sp³-hybridized carbons (Fsp3) is 0.429. The Bertz CT molecular complexity index is 558. The van der Waals surface area contributed by atoms with Gasteiger partial charge < -0.3 is 21.6 Å². The van der Waals surface area contributed by atoms with Gasteiger partial charge in [-0.05, 0) is 25.8 Å². The molecule has 0 aliphatic heterocycles. The smallest absolute Gasteiger partial charge is 0.237 e. The molecule has 1 aromatic rings. The molecule has 0 radical (unpaired) electrons. The minimum Gasteiger partial charge on any atom is -0.409 e. The summed E-state index contributed by atoms with van der Waals surface area (Å²) in [5.74, 6) is -0.696. The van der Waals surface area contributed by atoms with Crippen LogP contribution in [0, 0.1) is 5.82 Å². The molecule has 1 saturated carbocycles. The zero-order chi connectivity index (χ0) is 15.4. The van der Waals surface area contributed by atoms with Gasteiger partial charge in [-0.2, -0.15) is 0 Å². The number of amidine groups is 1. The minimum atomic E-state index is -0.471. The fourth-order valence-corrected chi connectivity index (χ4v) is 1.82. The van der Waals surface area contributed by atoms with Crippen LogP contribution in [0.2, 0.25) is 0 Å². The van der Waals surface area contributed by atoms with E-state index in [0.717, 1.165) is 12.8 Å². The number of carbonyl (C=O) groups is 1. The third-order valence-corrected chi connectivity index (χ3v) is 3.37. The zero-order valence-corrected chi connectivity index (χ0v) is 11.8. The van der Waals surface area contributed by atoms with Crippen molar-refractivity contribution < 1.29 is 14.4 Å². The molecule has 21 heavy (non-hydrogen) atoms. The lowest BCUT2D eigenvalue weighted by molar-refractivity contribution is -0.122. The highest BCUT2D eigenvalue weighted by molar-refractivity contribution is 5.97. The Morgan fingerprint density at radius 1 is 1.57 bits per heavy atom. The van der Waals surface area contributed by atoms with Crippen molar-refractivity contribution in [1.82, 2.24) is 10.6 Å². The molecule has 1 aliphatic rings. The third-order valence-electron chi connectivity index (χ3n) is 3.37. The number of benzene rings is 1. The van der Waals surface area contributed by atoms with Crippen molar-refractivity contribution in [2.45, 2.75) is 38.4 Å². The van der Waals surface area contributed by atoms with E-state index in [1.807, 2.05) is 0 Å². The fourth-order valence-electron chi connectivity index (χ4n) is 1.82. The summed E-state index contributed by atoms with van der Waals surface area (Å²) < 4.78 is 13.9. The van der Waals surface area contributed by atoms with Gasteiger partial charge in [-0.25, -0.2) is 4.39 Å². The van der Waals surface area contributed by atoms with Crippen LogP contribution in [0.25, 0.3) is 0 Å². The number of halogens is 1. The van der Waals surface area contributed by atoms with E-state index in [0.29, 0.717) is 17.2 Å². The molecule has 114 valence electrons. The number of nitrogens with zero attached hydrogens (tertiary/aromatic N) is 1. The Balaban J connectivity index is 1.91. The number of oxime groups is 1. The van der Waals surface area contributed by atoms with E-state index < -0.39 is 11.9 Å². The molecule has 0 spiro atoms. The summed E-state index contributed by atoms with van der Waals surface area (Å²) in [6, 6.07) is 4.21. The van der Waals surface area contributed by atoms with E-state index in [1.54, 1.807) is 19.1 Å². The van der Waals surface area contributed by atoms with Gasteiger partial charge >= 0.3 is 0 Å². The number of carbonyl (C=O) groups excluding carboxylic acids is 1. The summed E-state index contributed by atoms with van der Waals surface area (Å²) in [7, 11) is 0. The molecule has 0 saturated heterocycles. The lowest BCUT2D eigenvalue weighted by Gasteiger charge is -2.14. The van der Waals surface area contributed by atoms with E-state index >= 15 is 0 Å². The van der Waals surface area contributed by atoms with Gasteiger partial charge in [0.1, 0.15) is 5.82 Å². The topological polar surface area (TPSA) is 99.7 Å². The molecule has 1 atom stereocenters. The molecule has 1 amide bonds. The average Bonchev–Trinajstić information content (AvgIpc) is 3.28. The van der Waals surface area contributed by atoms with Crippen molar-refractivity contribution in [2.24, 2.45) is 10.9 Å². The zero-order valence-electron chi connectivity index (χ0n) is 11.8. The summed E-state index contributed by atoms with van der Waals surface area (Å²) in [6.07, 6.45) is 2.06. The van der Waals surface area contributed by atoms with Crippen LogP contribution < -0.4 is 16.4 Å². The molecule has 6 nitrogen and oxygen atoms in total. The number of nitrogens with two attached hydrogens (primary N) is 1. The van der Waals surface area contributed by atoms with E-state index in [1.165, 1.54) is 6.07 Å². The van der Waals surface area contributed by atoms with Gasteiger partial charge in [-0.1, -0.05) is 17.3 Å². The predicted molar refractivity (Wildman–Crippen MR) is 76.4 cm³/mol. The normalized spacial score (nSPS) is 16.6. The second kappa shape index (κ2) is 6.53. The third kappa shape index (κ3) is 4.16. The Hall–Kier alpha value is -2.15. The van der Waals surface area contributed by atoms with Gasteiger partial charge in [0.15, 0.2) is 5.84 Å². The standard InChI is InChI=1S/C14H19FN4O2/c1-8(14(20)18-11-4-5-11)17-7-10-3-2-9(6-12(10)15)13(16)19-21/h2-3,6,8,11,17,21H,4-5,7H2,1H3,(H2,16,19)(H,18,20). The number of hydrogen-bond donors (Lipinski definition) is 4. The summed E-state index contributed by atoms with van der Waals surface area (Å²) in [6.45, 7) is 1.96. The highest BCUT2D eigenvalue weighted by Crippen LogP contribution is 2.18. The summed E-state index contributed by atoms with van der Waals surface area (Å²) in [4.78, 5) is 11.8. The van der Waals surface area contributed by atoms with Crippen LogP contribution in [0.4, 0.5) is 4.39 Å². The van der Waals surface area contributed by atoms with Gasteiger partial charge in [0.05, 0.1) is 6.04 Å². The van der Waals surface area contributed by atoms with Crippen LogP contribution in [0.5, 0.6) is 0 Å². The average molecular weight is 294 g/mol. The van der Waals surface area contributed by atoms with E-state index in [4.69, 9.17) is 10.9 Å². The first kappa shape index (κ1) is 15.2.